The number of esters is 4. The number of phosphoric ester groups is 2. The van der Waals surface area contributed by atoms with Gasteiger partial charge in [-0.2, -0.15) is 0 Å². The molecule has 5 atom stereocenters. The predicted molar refractivity (Wildman–Crippen MR) is 428 cm³/mol. The van der Waals surface area contributed by atoms with Crippen LogP contribution in [0.15, 0.2) is 0 Å². The Labute approximate surface area is 638 Å². The number of aliphatic hydroxyl groups is 1. The Morgan fingerprint density at radius 1 is 0.240 bits per heavy atom. The van der Waals surface area contributed by atoms with Crippen LogP contribution in [0.5, 0.6) is 0 Å². The van der Waals surface area contributed by atoms with Gasteiger partial charge >= 0.3 is 39.5 Å². The Bertz CT molecular complexity index is 2020. The lowest BCUT2D eigenvalue weighted by Crippen LogP contribution is -2.30. The van der Waals surface area contributed by atoms with Crippen LogP contribution in [0.2, 0.25) is 0 Å². The van der Waals surface area contributed by atoms with Gasteiger partial charge in [0, 0.05) is 25.7 Å². The lowest BCUT2D eigenvalue weighted by Gasteiger charge is -2.21. The summed E-state index contributed by atoms with van der Waals surface area (Å²) < 4.78 is 68.8. The minimum Gasteiger partial charge on any atom is -0.462 e. The number of carbonyl (C=O) groups excluding carboxylic acids is 4. The van der Waals surface area contributed by atoms with E-state index in [1.807, 2.05) is 0 Å². The number of ether oxygens (including phenoxy) is 4. The average molecular weight is 1520 g/mol. The lowest BCUT2D eigenvalue weighted by atomic mass is 10.0. The van der Waals surface area contributed by atoms with Gasteiger partial charge in [-0.1, -0.05) is 389 Å². The fourth-order valence-electron chi connectivity index (χ4n) is 13.1. The Balaban J connectivity index is 5.23. The third-order valence-corrected chi connectivity index (χ3v) is 21.7. The zero-order valence-corrected chi connectivity index (χ0v) is 70.5. The van der Waals surface area contributed by atoms with Gasteiger partial charge in [0.1, 0.15) is 19.3 Å². The van der Waals surface area contributed by atoms with E-state index in [1.54, 1.807) is 0 Å². The molecule has 0 fully saturated rings. The van der Waals surface area contributed by atoms with Crippen molar-refractivity contribution >= 4 is 39.5 Å². The van der Waals surface area contributed by atoms with E-state index in [2.05, 4.69) is 55.4 Å². The molecule has 0 saturated heterocycles. The molecule has 3 unspecified atom stereocenters. The van der Waals surface area contributed by atoms with Crippen molar-refractivity contribution in [3.05, 3.63) is 0 Å². The number of hydrogen-bond acceptors (Lipinski definition) is 15. The van der Waals surface area contributed by atoms with Crippen molar-refractivity contribution in [3.63, 3.8) is 0 Å². The van der Waals surface area contributed by atoms with E-state index in [0.717, 1.165) is 114 Å². The summed E-state index contributed by atoms with van der Waals surface area (Å²) in [6.45, 7) is 14.3. The van der Waals surface area contributed by atoms with Crippen LogP contribution in [0.25, 0.3) is 0 Å². The lowest BCUT2D eigenvalue weighted by molar-refractivity contribution is -0.161. The molecule has 3 N–H and O–H groups in total. The number of hydrogen-bond donors (Lipinski definition) is 3. The normalized spacial score (nSPS) is 14.0. The highest BCUT2D eigenvalue weighted by molar-refractivity contribution is 7.47. The topological polar surface area (TPSA) is 237 Å². The molecule has 104 heavy (non-hydrogen) atoms. The highest BCUT2D eigenvalue weighted by atomic mass is 31.2. The molecule has 618 valence electrons. The van der Waals surface area contributed by atoms with E-state index < -0.39 is 97.5 Å². The van der Waals surface area contributed by atoms with Crippen molar-refractivity contribution in [2.75, 3.05) is 39.6 Å². The second kappa shape index (κ2) is 73.8. The standard InChI is InChI=1S/C85H166O17P2/c1-75(2)61-53-45-37-30-24-18-14-11-9-10-12-16-21-28-34-42-51-59-67-84(89)101-80(71-95-82(87)65-57-49-41-33-27-20-17-13-15-19-25-31-38-46-54-62-76(3)4)73-99-103(91,92)97-69-79(86)70-98-104(93,94)100-74-81(72-96-83(88)66-58-50-44-36-40-48-56-64-78(7)8)102-85(90)68-60-52-43-35-29-23-22-26-32-39-47-55-63-77(5)6/h75-81,86H,9-74H2,1-8H3,(H,91,92)(H,93,94)/t79?,80-,81-/m1/s1. The van der Waals surface area contributed by atoms with Crippen molar-refractivity contribution in [3.8, 4) is 0 Å². The van der Waals surface area contributed by atoms with E-state index in [-0.39, 0.29) is 25.7 Å². The number of rotatable bonds is 82. The van der Waals surface area contributed by atoms with Gasteiger partial charge in [-0.15, -0.1) is 0 Å². The molecule has 0 amide bonds. The third-order valence-electron chi connectivity index (χ3n) is 19.8. The fraction of sp³-hybridized carbons (Fsp3) is 0.953. The van der Waals surface area contributed by atoms with E-state index >= 15 is 0 Å². The summed E-state index contributed by atoms with van der Waals surface area (Å²) in [6.07, 6.45) is 62.6. The van der Waals surface area contributed by atoms with E-state index in [0.29, 0.717) is 31.6 Å². The molecule has 0 aliphatic rings. The first-order chi connectivity index (χ1) is 50.1. The maximum Gasteiger partial charge on any atom is 0.472 e. The summed E-state index contributed by atoms with van der Waals surface area (Å²) in [6, 6.07) is 0. The number of carbonyl (C=O) groups is 4. The van der Waals surface area contributed by atoms with Gasteiger partial charge in [-0.3, -0.25) is 37.3 Å². The summed E-state index contributed by atoms with van der Waals surface area (Å²) >= 11 is 0. The summed E-state index contributed by atoms with van der Waals surface area (Å²) in [7, 11) is -9.93. The van der Waals surface area contributed by atoms with Gasteiger partial charge in [0.2, 0.25) is 0 Å². The minimum atomic E-state index is -4.97. The van der Waals surface area contributed by atoms with Crippen LogP contribution in [-0.4, -0.2) is 96.7 Å². The van der Waals surface area contributed by atoms with Crippen LogP contribution >= 0.6 is 15.6 Å². The van der Waals surface area contributed by atoms with Gasteiger partial charge in [0.05, 0.1) is 26.4 Å². The van der Waals surface area contributed by atoms with Crippen LogP contribution in [0.4, 0.5) is 0 Å². The van der Waals surface area contributed by atoms with E-state index in [4.69, 9.17) is 37.0 Å². The van der Waals surface area contributed by atoms with Crippen molar-refractivity contribution in [2.45, 2.75) is 459 Å². The third kappa shape index (κ3) is 78.2. The van der Waals surface area contributed by atoms with Crippen molar-refractivity contribution in [1.29, 1.82) is 0 Å². The van der Waals surface area contributed by atoms with Crippen molar-refractivity contribution in [1.82, 2.24) is 0 Å². The maximum absolute atomic E-state index is 13.1. The van der Waals surface area contributed by atoms with Crippen molar-refractivity contribution < 1.29 is 80.2 Å². The predicted octanol–water partition coefficient (Wildman–Crippen LogP) is 25.6. The molecule has 0 aliphatic carbocycles. The summed E-state index contributed by atoms with van der Waals surface area (Å²) in [4.78, 5) is 73.2. The van der Waals surface area contributed by atoms with E-state index in [1.165, 1.54) is 238 Å². The molecule has 0 heterocycles. The number of unbranched alkanes of at least 4 members (excludes halogenated alkanes) is 48. The Morgan fingerprint density at radius 3 is 0.596 bits per heavy atom. The Kier molecular flexibility index (Phi) is 72.5. The van der Waals surface area contributed by atoms with Crippen LogP contribution in [0, 0.1) is 23.7 Å². The number of phosphoric acid groups is 2. The fourth-order valence-corrected chi connectivity index (χ4v) is 14.7. The van der Waals surface area contributed by atoms with Crippen LogP contribution in [-0.2, 0) is 65.4 Å². The molecule has 0 radical (unpaired) electrons. The zero-order valence-electron chi connectivity index (χ0n) is 68.7. The Hall–Kier alpha value is -1.94. The van der Waals surface area contributed by atoms with Gasteiger partial charge in [-0.05, 0) is 49.4 Å². The molecule has 0 aromatic carbocycles. The second-order valence-corrected chi connectivity index (χ2v) is 35.4. The molecule has 0 spiro atoms. The van der Waals surface area contributed by atoms with Crippen LogP contribution in [0.3, 0.4) is 0 Å². The van der Waals surface area contributed by atoms with Gasteiger partial charge in [-0.25, -0.2) is 9.13 Å². The SMILES string of the molecule is CC(C)CCCCCCCCCCCCCCCCCCCCC(=O)O[C@H](COC(=O)CCCCCCCCCCCCCCCCCC(C)C)COP(=O)(O)OCC(O)COP(=O)(O)OC[C@@H](COC(=O)CCCCCCCCCC(C)C)OC(=O)CCCCCCCCCCCCCCC(C)C. The quantitative estimate of drug-likeness (QED) is 0.0222. The first-order valence-electron chi connectivity index (χ1n) is 43.7. The zero-order chi connectivity index (χ0) is 76.7. The maximum atomic E-state index is 13.1. The molecule has 0 saturated carbocycles. The summed E-state index contributed by atoms with van der Waals surface area (Å²) in [5.41, 5.74) is 0. The van der Waals surface area contributed by atoms with Gasteiger partial charge < -0.3 is 33.8 Å². The molecule has 0 aromatic heterocycles. The first kappa shape index (κ1) is 102. The molecule has 0 rings (SSSR count). The average Bonchev–Trinajstić information content (AvgIpc) is 0.906. The summed E-state index contributed by atoms with van der Waals surface area (Å²) in [5.74, 6) is 0.999. The summed E-state index contributed by atoms with van der Waals surface area (Å²) in [5, 5.41) is 10.7. The highest BCUT2D eigenvalue weighted by Gasteiger charge is 2.30. The molecule has 19 heteroatoms. The van der Waals surface area contributed by atoms with Crippen LogP contribution in [0.1, 0.15) is 441 Å². The van der Waals surface area contributed by atoms with Gasteiger partial charge in [0.15, 0.2) is 12.2 Å². The molecule has 17 nitrogen and oxygen atoms in total. The highest BCUT2D eigenvalue weighted by Crippen LogP contribution is 2.45. The molecular formula is C85H166O17P2. The van der Waals surface area contributed by atoms with E-state index in [9.17, 15) is 43.2 Å². The van der Waals surface area contributed by atoms with Crippen molar-refractivity contribution in [2.24, 2.45) is 23.7 Å². The minimum absolute atomic E-state index is 0.106. The molecule has 0 aliphatic heterocycles. The first-order valence-corrected chi connectivity index (χ1v) is 46.7. The molecule has 0 bridgehead atoms. The monoisotopic (exact) mass is 1520 g/mol. The molecular weight excluding hydrogens is 1350 g/mol. The molecule has 0 aromatic rings. The number of aliphatic hydroxyl groups excluding tert-OH is 1. The van der Waals surface area contributed by atoms with Gasteiger partial charge in [0.25, 0.3) is 0 Å². The largest absolute Gasteiger partial charge is 0.472 e. The smallest absolute Gasteiger partial charge is 0.462 e. The Morgan fingerprint density at radius 2 is 0.404 bits per heavy atom. The van der Waals surface area contributed by atoms with Crippen LogP contribution < -0.4 is 0 Å². The second-order valence-electron chi connectivity index (χ2n) is 32.5.